The zero-order valence-electron chi connectivity index (χ0n) is 15.0. The van der Waals surface area contributed by atoms with E-state index in [0.29, 0.717) is 36.8 Å². The van der Waals surface area contributed by atoms with E-state index < -0.39 is 0 Å². The van der Waals surface area contributed by atoms with Gasteiger partial charge in [-0.1, -0.05) is 12.7 Å². The molecule has 2 aromatic heterocycles. The molecule has 0 unspecified atom stereocenters. The van der Waals surface area contributed by atoms with Crippen molar-refractivity contribution in [2.75, 3.05) is 19.7 Å². The summed E-state index contributed by atoms with van der Waals surface area (Å²) in [5.41, 5.74) is 3.17. The van der Waals surface area contributed by atoms with E-state index in [1.807, 2.05) is 29.2 Å². The Balaban J connectivity index is 1.40. The van der Waals surface area contributed by atoms with Crippen molar-refractivity contribution in [1.29, 1.82) is 0 Å². The van der Waals surface area contributed by atoms with Crippen LogP contribution in [0.1, 0.15) is 34.8 Å². The van der Waals surface area contributed by atoms with Crippen LogP contribution in [-0.2, 0) is 0 Å². The second-order valence-corrected chi connectivity index (χ2v) is 6.56. The van der Waals surface area contributed by atoms with Crippen LogP contribution in [0.3, 0.4) is 0 Å². The van der Waals surface area contributed by atoms with E-state index >= 15 is 0 Å². The number of nitrogens with one attached hydrogen (secondary N) is 1. The molecule has 0 aliphatic carbocycles. The second-order valence-electron chi connectivity index (χ2n) is 6.56. The monoisotopic (exact) mass is 363 g/mol. The number of likely N-dealkylation sites (tertiary alicyclic amines) is 1. The average molecular weight is 363 g/mol. The third-order valence-electron chi connectivity index (χ3n) is 4.88. The predicted molar refractivity (Wildman–Crippen MR) is 102 cm³/mol. The maximum atomic E-state index is 12.8. The Bertz CT molecular complexity index is 942. The zero-order valence-corrected chi connectivity index (χ0v) is 15.0. The molecule has 0 radical (unpaired) electrons. The molecule has 1 amide bonds. The highest BCUT2D eigenvalue weighted by Gasteiger charge is 2.27. The quantitative estimate of drug-likeness (QED) is 0.705. The molecule has 1 aliphatic rings. The summed E-state index contributed by atoms with van der Waals surface area (Å²) in [4.78, 5) is 23.3. The third kappa shape index (κ3) is 3.53. The van der Waals surface area contributed by atoms with Crippen molar-refractivity contribution in [1.82, 2.24) is 25.1 Å². The Morgan fingerprint density at radius 1 is 1.22 bits per heavy atom. The topological polar surface area (TPSA) is 84.0 Å². The lowest BCUT2D eigenvalue weighted by molar-refractivity contribution is 0.0712. The number of H-pyrrole nitrogens is 1. The smallest absolute Gasteiger partial charge is 0.253 e. The minimum atomic E-state index is 0.0537. The van der Waals surface area contributed by atoms with E-state index in [1.54, 1.807) is 18.5 Å². The minimum Gasteiger partial charge on any atom is -0.490 e. The highest BCUT2D eigenvalue weighted by atomic mass is 16.5. The summed E-state index contributed by atoms with van der Waals surface area (Å²) < 4.78 is 5.46. The Labute approximate surface area is 157 Å². The normalized spacial score (nSPS) is 15.0. The van der Waals surface area contributed by atoms with Crippen LogP contribution >= 0.6 is 0 Å². The molecule has 1 N–H and O–H groups in total. The van der Waals surface area contributed by atoms with E-state index in [9.17, 15) is 4.79 Å². The van der Waals surface area contributed by atoms with Gasteiger partial charge in [0.25, 0.3) is 5.91 Å². The molecule has 27 heavy (non-hydrogen) atoms. The number of amides is 1. The minimum absolute atomic E-state index is 0.0537. The molecule has 1 saturated heterocycles. The van der Waals surface area contributed by atoms with Crippen LogP contribution in [0.4, 0.5) is 0 Å². The van der Waals surface area contributed by atoms with Crippen molar-refractivity contribution in [3.8, 4) is 5.75 Å². The number of fused-ring (bicyclic) bond motifs is 1. The number of carbonyl (C=O) groups is 1. The van der Waals surface area contributed by atoms with E-state index in [1.165, 1.54) is 0 Å². The van der Waals surface area contributed by atoms with Gasteiger partial charge < -0.3 is 9.64 Å². The molecule has 0 saturated carbocycles. The largest absolute Gasteiger partial charge is 0.490 e. The van der Waals surface area contributed by atoms with Crippen molar-refractivity contribution in [2.45, 2.75) is 18.8 Å². The number of piperidine rings is 1. The van der Waals surface area contributed by atoms with Gasteiger partial charge in [0.1, 0.15) is 17.9 Å². The average Bonchev–Trinajstić information content (AvgIpc) is 3.16. The van der Waals surface area contributed by atoms with Gasteiger partial charge in [0.05, 0.1) is 5.69 Å². The second kappa shape index (κ2) is 7.57. The molecule has 3 heterocycles. The Kier molecular flexibility index (Phi) is 4.82. The number of aromatic amines is 1. The number of aromatic nitrogens is 4. The van der Waals surface area contributed by atoms with E-state index in [0.717, 1.165) is 29.8 Å². The third-order valence-corrected chi connectivity index (χ3v) is 4.88. The van der Waals surface area contributed by atoms with Crippen LogP contribution in [0.5, 0.6) is 5.75 Å². The van der Waals surface area contributed by atoms with Crippen molar-refractivity contribution >= 4 is 17.1 Å². The SMILES string of the molecule is C=CCOc1ccc(C(=O)N2CCC(c3[nH]nc4nccnc34)CC2)cc1. The molecule has 0 spiro atoms. The first-order chi connectivity index (χ1) is 13.3. The molecule has 1 fully saturated rings. The van der Waals surface area contributed by atoms with Gasteiger partial charge in [0.15, 0.2) is 5.65 Å². The summed E-state index contributed by atoms with van der Waals surface area (Å²) in [6, 6.07) is 7.26. The van der Waals surface area contributed by atoms with Crippen LogP contribution in [0.25, 0.3) is 11.2 Å². The van der Waals surface area contributed by atoms with Crippen LogP contribution in [0.2, 0.25) is 0 Å². The van der Waals surface area contributed by atoms with Crippen molar-refractivity contribution in [2.24, 2.45) is 0 Å². The lowest BCUT2D eigenvalue weighted by Gasteiger charge is -2.31. The Morgan fingerprint density at radius 3 is 2.70 bits per heavy atom. The van der Waals surface area contributed by atoms with E-state index in [2.05, 4.69) is 26.7 Å². The van der Waals surface area contributed by atoms with Gasteiger partial charge in [-0.3, -0.25) is 9.89 Å². The summed E-state index contributed by atoms with van der Waals surface area (Å²) in [6.07, 6.45) is 6.77. The summed E-state index contributed by atoms with van der Waals surface area (Å²) in [5.74, 6) is 1.10. The number of ether oxygens (including phenoxy) is 1. The molecule has 0 atom stereocenters. The molecular formula is C20H21N5O2. The van der Waals surface area contributed by atoms with Crippen LogP contribution in [0.15, 0.2) is 49.3 Å². The number of rotatable bonds is 5. The molecule has 1 aliphatic heterocycles. The fourth-order valence-corrected chi connectivity index (χ4v) is 3.46. The first-order valence-corrected chi connectivity index (χ1v) is 9.04. The molecule has 7 heteroatoms. The molecule has 7 nitrogen and oxygen atoms in total. The summed E-state index contributed by atoms with van der Waals surface area (Å²) in [5, 5.41) is 7.31. The highest BCUT2D eigenvalue weighted by Crippen LogP contribution is 2.30. The molecule has 1 aromatic carbocycles. The summed E-state index contributed by atoms with van der Waals surface area (Å²) >= 11 is 0. The lowest BCUT2D eigenvalue weighted by Crippen LogP contribution is -2.38. The molecule has 0 bridgehead atoms. The van der Waals surface area contributed by atoms with Gasteiger partial charge in [-0.05, 0) is 37.1 Å². The number of carbonyl (C=O) groups excluding carboxylic acids is 1. The zero-order chi connectivity index (χ0) is 18.6. The van der Waals surface area contributed by atoms with Crippen molar-refractivity contribution in [3.63, 3.8) is 0 Å². The van der Waals surface area contributed by atoms with Crippen LogP contribution in [0, 0.1) is 0 Å². The fourth-order valence-electron chi connectivity index (χ4n) is 3.46. The summed E-state index contributed by atoms with van der Waals surface area (Å²) in [7, 11) is 0. The highest BCUT2D eigenvalue weighted by molar-refractivity contribution is 5.94. The van der Waals surface area contributed by atoms with Crippen molar-refractivity contribution in [3.05, 3.63) is 60.6 Å². The summed E-state index contributed by atoms with van der Waals surface area (Å²) in [6.45, 7) is 5.49. The number of hydrogen-bond acceptors (Lipinski definition) is 5. The number of nitrogens with zero attached hydrogens (tertiary/aromatic N) is 4. The molecular weight excluding hydrogens is 342 g/mol. The van der Waals surface area contributed by atoms with Gasteiger partial charge in [0, 0.05) is 37.0 Å². The van der Waals surface area contributed by atoms with Gasteiger partial charge in [-0.2, -0.15) is 5.10 Å². The fraction of sp³-hybridized carbons (Fsp3) is 0.300. The molecule has 138 valence electrons. The van der Waals surface area contributed by atoms with Crippen LogP contribution in [-0.4, -0.2) is 50.7 Å². The van der Waals surface area contributed by atoms with E-state index in [4.69, 9.17) is 4.74 Å². The standard InChI is InChI=1S/C20H21N5O2/c1-2-13-27-16-5-3-15(4-6-16)20(26)25-11-7-14(8-12-25)17-18-19(24-23-17)22-10-9-21-18/h2-6,9-10,14H,1,7-8,11-13H2,(H,22,23,24). The van der Waals surface area contributed by atoms with Gasteiger partial charge in [0.2, 0.25) is 0 Å². The Morgan fingerprint density at radius 2 is 1.96 bits per heavy atom. The molecule has 4 rings (SSSR count). The first-order valence-electron chi connectivity index (χ1n) is 9.04. The van der Waals surface area contributed by atoms with Gasteiger partial charge >= 0.3 is 0 Å². The molecule has 3 aromatic rings. The van der Waals surface area contributed by atoms with Crippen LogP contribution < -0.4 is 4.74 Å². The number of hydrogen-bond donors (Lipinski definition) is 1. The first kappa shape index (κ1) is 17.2. The maximum absolute atomic E-state index is 12.8. The predicted octanol–water partition coefficient (Wildman–Crippen LogP) is 2.94. The number of benzene rings is 1. The van der Waals surface area contributed by atoms with Gasteiger partial charge in [-0.15, -0.1) is 0 Å². The van der Waals surface area contributed by atoms with Crippen molar-refractivity contribution < 1.29 is 9.53 Å². The maximum Gasteiger partial charge on any atom is 0.253 e. The Hall–Kier alpha value is -3.22. The lowest BCUT2D eigenvalue weighted by atomic mass is 9.92. The van der Waals surface area contributed by atoms with E-state index in [-0.39, 0.29) is 5.91 Å². The van der Waals surface area contributed by atoms with Gasteiger partial charge in [-0.25, -0.2) is 9.97 Å².